The minimum Gasteiger partial charge on any atom is -0.550 e. The Kier molecular flexibility index (Phi) is 6.11. The first kappa shape index (κ1) is 20.5. The average molecular weight is 392 g/mol. The number of rotatable bonds is 4. The normalized spacial score (nSPS) is 25.9. The molecule has 2 fully saturated rings. The number of thiazole rings is 1. The van der Waals surface area contributed by atoms with Crippen LogP contribution in [0.5, 0.6) is 0 Å². The number of carboxylic acids is 1. The number of hydrogen-bond acceptors (Lipinski definition) is 5. The molecule has 2 aliphatic rings. The number of carbonyl (C=O) groups is 2. The summed E-state index contributed by atoms with van der Waals surface area (Å²) in [6, 6.07) is 6.16. The van der Waals surface area contributed by atoms with E-state index >= 15 is 0 Å². The molecule has 27 heavy (non-hydrogen) atoms. The van der Waals surface area contributed by atoms with Crippen LogP contribution in [0.3, 0.4) is 0 Å². The first-order chi connectivity index (χ1) is 12.4. The summed E-state index contributed by atoms with van der Waals surface area (Å²) in [7, 11) is 0. The van der Waals surface area contributed by atoms with Crippen molar-refractivity contribution in [3.8, 4) is 11.3 Å². The number of fused-ring (bicyclic) bond motifs is 2. The van der Waals surface area contributed by atoms with E-state index in [1.54, 1.807) is 0 Å². The number of amides is 1. The van der Waals surface area contributed by atoms with Crippen molar-refractivity contribution in [1.82, 2.24) is 4.98 Å². The van der Waals surface area contributed by atoms with Crippen LogP contribution < -0.4 is 40.0 Å². The Balaban J connectivity index is 0.00000210. The van der Waals surface area contributed by atoms with Crippen molar-refractivity contribution in [2.45, 2.75) is 33.1 Å². The van der Waals surface area contributed by atoms with Gasteiger partial charge in [0, 0.05) is 28.7 Å². The van der Waals surface area contributed by atoms with Crippen LogP contribution in [0.4, 0.5) is 5.13 Å². The van der Waals surface area contributed by atoms with Crippen molar-refractivity contribution in [2.75, 3.05) is 5.32 Å². The second-order valence-corrected chi connectivity index (χ2v) is 8.39. The molecular weight excluding hydrogens is 371 g/mol. The number of carbonyl (C=O) groups excluding carboxylic acids is 2. The van der Waals surface area contributed by atoms with Gasteiger partial charge >= 0.3 is 29.6 Å². The Labute approximate surface area is 184 Å². The third-order valence-corrected chi connectivity index (χ3v) is 6.79. The van der Waals surface area contributed by atoms with Gasteiger partial charge in [-0.3, -0.25) is 4.79 Å². The second kappa shape index (κ2) is 8.03. The van der Waals surface area contributed by atoms with Gasteiger partial charge in [0.2, 0.25) is 5.91 Å². The quantitative estimate of drug-likeness (QED) is 0.730. The molecule has 1 N–H and O–H groups in total. The molecule has 1 amide bonds. The molecule has 4 rings (SSSR count). The van der Waals surface area contributed by atoms with Gasteiger partial charge in [-0.15, -0.1) is 11.3 Å². The molecule has 2 saturated carbocycles. The molecular formula is C20H21N2NaO3S. The molecule has 4 atom stereocenters. The number of aryl methyl sites for hydroxylation is 2. The van der Waals surface area contributed by atoms with Crippen molar-refractivity contribution >= 4 is 28.3 Å². The molecule has 2 bridgehead atoms. The molecule has 2 aliphatic carbocycles. The zero-order valence-corrected chi connectivity index (χ0v) is 18.6. The molecule has 0 saturated heterocycles. The first-order valence-electron chi connectivity index (χ1n) is 8.99. The van der Waals surface area contributed by atoms with Crippen LogP contribution in [0, 0.1) is 37.5 Å². The fraction of sp³-hybridized carbons (Fsp3) is 0.450. The zero-order valence-electron chi connectivity index (χ0n) is 15.8. The van der Waals surface area contributed by atoms with Gasteiger partial charge in [0.25, 0.3) is 0 Å². The van der Waals surface area contributed by atoms with E-state index in [9.17, 15) is 14.7 Å². The predicted octanol–water partition coefficient (Wildman–Crippen LogP) is -0.218. The molecule has 7 heteroatoms. The molecule has 2 aromatic rings. The van der Waals surface area contributed by atoms with Gasteiger partial charge in [-0.05, 0) is 62.1 Å². The number of anilines is 1. The zero-order chi connectivity index (χ0) is 18.4. The molecule has 5 nitrogen and oxygen atoms in total. The van der Waals surface area contributed by atoms with E-state index in [0.717, 1.165) is 30.5 Å². The third-order valence-electron chi connectivity index (χ3n) is 6.03. The van der Waals surface area contributed by atoms with E-state index in [1.165, 1.54) is 22.5 Å². The van der Waals surface area contributed by atoms with Gasteiger partial charge in [-0.25, -0.2) is 4.98 Å². The van der Waals surface area contributed by atoms with E-state index in [2.05, 4.69) is 36.3 Å². The molecule has 1 heterocycles. The predicted molar refractivity (Wildman–Crippen MR) is 98.5 cm³/mol. The number of benzene rings is 1. The summed E-state index contributed by atoms with van der Waals surface area (Å²) in [5.41, 5.74) is 4.25. The number of aromatic nitrogens is 1. The molecule has 136 valence electrons. The molecule has 1 aromatic heterocycles. The van der Waals surface area contributed by atoms with Gasteiger partial charge in [-0.1, -0.05) is 12.1 Å². The molecule has 0 spiro atoms. The van der Waals surface area contributed by atoms with E-state index < -0.39 is 17.8 Å². The first-order valence-corrected chi connectivity index (χ1v) is 9.87. The minimum absolute atomic E-state index is 0. The Morgan fingerprint density at radius 2 is 1.85 bits per heavy atom. The summed E-state index contributed by atoms with van der Waals surface area (Å²) in [4.78, 5) is 28.7. The van der Waals surface area contributed by atoms with Gasteiger partial charge in [-0.2, -0.15) is 0 Å². The van der Waals surface area contributed by atoms with E-state index in [-0.39, 0.29) is 47.3 Å². The Morgan fingerprint density at radius 3 is 2.52 bits per heavy atom. The summed E-state index contributed by atoms with van der Waals surface area (Å²) < 4.78 is 0. The molecule has 0 aliphatic heterocycles. The van der Waals surface area contributed by atoms with Gasteiger partial charge in [0.05, 0.1) is 5.69 Å². The second-order valence-electron chi connectivity index (χ2n) is 7.53. The Hall–Kier alpha value is -1.21. The molecule has 0 radical (unpaired) electrons. The van der Waals surface area contributed by atoms with Crippen LogP contribution in [-0.2, 0) is 9.59 Å². The fourth-order valence-corrected chi connectivity index (χ4v) is 5.28. The number of nitrogens with zero attached hydrogens (tertiary/aromatic N) is 1. The Morgan fingerprint density at radius 1 is 1.15 bits per heavy atom. The number of carboxylic acid groups (broad SMARTS) is 1. The topological polar surface area (TPSA) is 82.1 Å². The fourth-order valence-electron chi connectivity index (χ4n) is 4.56. The molecule has 4 unspecified atom stereocenters. The smallest absolute Gasteiger partial charge is 0.550 e. The minimum atomic E-state index is -1.09. The van der Waals surface area contributed by atoms with E-state index in [4.69, 9.17) is 0 Å². The summed E-state index contributed by atoms with van der Waals surface area (Å²) in [6.07, 6.45) is 2.64. The van der Waals surface area contributed by atoms with Gasteiger partial charge in [0.15, 0.2) is 5.13 Å². The monoisotopic (exact) mass is 392 g/mol. The van der Waals surface area contributed by atoms with Crippen molar-refractivity contribution in [3.63, 3.8) is 0 Å². The third kappa shape index (κ3) is 3.86. The summed E-state index contributed by atoms with van der Waals surface area (Å²) >= 11 is 1.37. The standard InChI is InChI=1S/C20H22N2O3S.Na/c1-10-3-4-12(7-11(10)2)15-9-26-20(21-15)22-18(23)16-13-5-6-14(8-13)17(16)19(24)25;/h3-4,7,9,13-14,16-17H,5-6,8H2,1-2H3,(H,24,25)(H,21,22,23);/q;+1/p-1. The van der Waals surface area contributed by atoms with Crippen LogP contribution in [0.2, 0.25) is 0 Å². The summed E-state index contributed by atoms with van der Waals surface area (Å²) in [5.74, 6) is -2.23. The SMILES string of the molecule is Cc1ccc(-c2csc(NC(=O)C3C4CCC(C4)C3C(=O)[O-])n2)cc1C.[Na+]. The summed E-state index contributed by atoms with van der Waals surface area (Å²) in [5, 5.41) is 16.8. The number of aliphatic carboxylic acids is 1. The maximum Gasteiger partial charge on any atom is 1.00 e. The largest absolute Gasteiger partial charge is 1.00 e. The summed E-state index contributed by atoms with van der Waals surface area (Å²) in [6.45, 7) is 4.12. The van der Waals surface area contributed by atoms with Gasteiger partial charge < -0.3 is 15.2 Å². The van der Waals surface area contributed by atoms with Crippen molar-refractivity contribution in [1.29, 1.82) is 0 Å². The van der Waals surface area contributed by atoms with Crippen LogP contribution in [0.15, 0.2) is 23.6 Å². The van der Waals surface area contributed by atoms with Crippen molar-refractivity contribution in [2.24, 2.45) is 23.7 Å². The van der Waals surface area contributed by atoms with Crippen LogP contribution in [0.25, 0.3) is 11.3 Å². The van der Waals surface area contributed by atoms with Crippen LogP contribution in [0.1, 0.15) is 30.4 Å². The molecule has 1 aromatic carbocycles. The maximum absolute atomic E-state index is 12.7. The maximum atomic E-state index is 12.7. The number of hydrogen-bond donors (Lipinski definition) is 1. The van der Waals surface area contributed by atoms with Crippen LogP contribution >= 0.6 is 11.3 Å². The Bertz CT molecular complexity index is 882. The number of nitrogens with one attached hydrogen (secondary N) is 1. The van der Waals surface area contributed by atoms with Crippen molar-refractivity contribution < 1.29 is 44.3 Å². The van der Waals surface area contributed by atoms with Crippen molar-refractivity contribution in [3.05, 3.63) is 34.7 Å². The average Bonchev–Trinajstić information content (AvgIpc) is 3.32. The van der Waals surface area contributed by atoms with Crippen LogP contribution in [-0.4, -0.2) is 16.9 Å². The van der Waals surface area contributed by atoms with E-state index in [1.807, 2.05) is 11.4 Å². The van der Waals surface area contributed by atoms with Gasteiger partial charge in [0.1, 0.15) is 0 Å². The van der Waals surface area contributed by atoms with E-state index in [0.29, 0.717) is 5.13 Å².